The van der Waals surface area contributed by atoms with Crippen molar-refractivity contribution in [1.29, 1.82) is 0 Å². The van der Waals surface area contributed by atoms with E-state index in [-0.39, 0.29) is 16.3 Å². The maximum absolute atomic E-state index is 12.2. The predicted octanol–water partition coefficient (Wildman–Crippen LogP) is 1.36. The van der Waals surface area contributed by atoms with Crippen molar-refractivity contribution in [2.45, 2.75) is 29.6 Å². The highest BCUT2D eigenvalue weighted by Crippen LogP contribution is 2.76. The van der Waals surface area contributed by atoms with Crippen molar-refractivity contribution in [3.05, 3.63) is 30.1 Å². The van der Waals surface area contributed by atoms with E-state index < -0.39 is 10.4 Å². The van der Waals surface area contributed by atoms with Gasteiger partial charge in [-0.25, -0.2) is 0 Å². The zero-order chi connectivity index (χ0) is 13.7. The van der Waals surface area contributed by atoms with E-state index in [1.54, 1.807) is 31.6 Å². The number of methoxy groups -OCH3 is 1. The summed E-state index contributed by atoms with van der Waals surface area (Å²) < 4.78 is 8.59. The van der Waals surface area contributed by atoms with Crippen LogP contribution in [0.1, 0.15) is 29.6 Å². The highest BCUT2D eigenvalue weighted by molar-refractivity contribution is 8.31. The first-order valence-electron chi connectivity index (χ1n) is 6.25. The lowest BCUT2D eigenvalue weighted by Gasteiger charge is -2.75. The third kappa shape index (κ3) is 1.78. The number of hydrogen-bond acceptors (Lipinski definition) is 4. The van der Waals surface area contributed by atoms with E-state index in [0.29, 0.717) is 5.56 Å². The normalized spacial score (nSPS) is 36.4. The number of pyridine rings is 1. The second-order valence-corrected chi connectivity index (χ2v) is 8.78. The Morgan fingerprint density at radius 1 is 1.42 bits per heavy atom. The minimum atomic E-state index is -1.65. The summed E-state index contributed by atoms with van der Waals surface area (Å²) in [5, 5.41) is 6.43. The summed E-state index contributed by atoms with van der Waals surface area (Å²) in [4.78, 5) is 16.1. The molecule has 6 heteroatoms. The Labute approximate surface area is 114 Å². The number of hydrogen-bond donors (Lipinski definition) is 2. The second-order valence-electron chi connectivity index (χ2n) is 5.75. The van der Waals surface area contributed by atoms with Crippen molar-refractivity contribution in [3.8, 4) is 0 Å². The van der Waals surface area contributed by atoms with Gasteiger partial charge in [-0.2, -0.15) is 0 Å². The number of amides is 1. The first-order chi connectivity index (χ1) is 8.92. The molecule has 19 heavy (non-hydrogen) atoms. The molecule has 0 aliphatic heterocycles. The van der Waals surface area contributed by atoms with E-state index in [2.05, 4.69) is 9.71 Å². The van der Waals surface area contributed by atoms with Crippen LogP contribution in [0.15, 0.2) is 24.5 Å². The number of rotatable bonds is 4. The van der Waals surface area contributed by atoms with E-state index in [1.165, 1.54) is 0 Å². The van der Waals surface area contributed by atoms with Crippen LogP contribution in [-0.2, 0) is 4.74 Å². The molecule has 1 atom stereocenters. The van der Waals surface area contributed by atoms with Gasteiger partial charge in [-0.05, 0) is 37.7 Å². The molecule has 3 aliphatic rings. The molecule has 0 radical (unpaired) electrons. The average Bonchev–Trinajstić information content (AvgIpc) is 2.26. The largest absolute Gasteiger partial charge is 0.378 e. The van der Waals surface area contributed by atoms with Gasteiger partial charge >= 0.3 is 0 Å². The van der Waals surface area contributed by atoms with Crippen molar-refractivity contribution < 1.29 is 9.53 Å². The SMILES string of the molecule is COC12CC(S(C)(N)NC(=O)c3ccncc3)(C1)C2. The Morgan fingerprint density at radius 3 is 2.53 bits per heavy atom. The summed E-state index contributed by atoms with van der Waals surface area (Å²) in [6, 6.07) is 3.40. The molecule has 0 aromatic carbocycles. The number of carbonyl (C=O) groups excluding carboxylic acids is 1. The number of ether oxygens (including phenoxy) is 1. The van der Waals surface area contributed by atoms with Crippen molar-refractivity contribution in [1.82, 2.24) is 9.71 Å². The molecule has 1 aromatic heterocycles. The van der Waals surface area contributed by atoms with Crippen LogP contribution in [0.2, 0.25) is 0 Å². The molecule has 4 rings (SSSR count). The predicted molar refractivity (Wildman–Crippen MR) is 75.7 cm³/mol. The Bertz CT molecular complexity index is 498. The molecule has 1 unspecified atom stereocenters. The molecule has 1 heterocycles. The Kier molecular flexibility index (Phi) is 2.68. The summed E-state index contributed by atoms with van der Waals surface area (Å²) in [6.45, 7) is 0. The summed E-state index contributed by atoms with van der Waals surface area (Å²) in [7, 11) is 0.0992. The quantitative estimate of drug-likeness (QED) is 0.873. The summed E-state index contributed by atoms with van der Waals surface area (Å²) >= 11 is 0. The van der Waals surface area contributed by atoms with Gasteiger partial charge < -0.3 is 9.46 Å². The topological polar surface area (TPSA) is 77.2 Å². The first-order valence-corrected chi connectivity index (χ1v) is 8.35. The van der Waals surface area contributed by atoms with Gasteiger partial charge in [0.05, 0.1) is 5.60 Å². The molecule has 0 spiro atoms. The van der Waals surface area contributed by atoms with Gasteiger partial charge in [0.1, 0.15) is 0 Å². The smallest absolute Gasteiger partial charge is 0.260 e. The molecule has 3 N–H and O–H groups in total. The van der Waals surface area contributed by atoms with Crippen molar-refractivity contribution in [2.75, 3.05) is 13.4 Å². The summed E-state index contributed by atoms with van der Waals surface area (Å²) in [5.74, 6) is -0.112. The highest BCUT2D eigenvalue weighted by atomic mass is 32.3. The molecular weight excluding hydrogens is 262 g/mol. The molecular formula is C13H19N3O2S. The third-order valence-corrected chi connectivity index (χ3v) is 7.35. The van der Waals surface area contributed by atoms with Crippen molar-refractivity contribution in [2.24, 2.45) is 5.14 Å². The van der Waals surface area contributed by atoms with E-state index in [1.807, 2.05) is 6.26 Å². The summed E-state index contributed by atoms with van der Waals surface area (Å²) in [5.41, 5.74) is 0.655. The van der Waals surface area contributed by atoms with Crippen molar-refractivity contribution in [3.63, 3.8) is 0 Å². The standard InChI is InChI=1S/C13H19N3O2S/c1-18-12-7-13(8-12,9-12)19(2,14)16-11(17)10-3-5-15-6-4-10/h3-6H,7-9,14H2,1-2H3,(H,16,17). The molecule has 0 saturated heterocycles. The minimum absolute atomic E-state index is 0.0506. The number of nitrogens with two attached hydrogens (primary N) is 1. The highest BCUT2D eigenvalue weighted by Gasteiger charge is 2.73. The van der Waals surface area contributed by atoms with Crippen LogP contribution in [0.4, 0.5) is 0 Å². The zero-order valence-corrected chi connectivity index (χ0v) is 12.0. The Balaban J connectivity index is 1.69. The van der Waals surface area contributed by atoms with Crippen LogP contribution in [0, 0.1) is 0 Å². The second kappa shape index (κ2) is 3.94. The molecule has 3 fully saturated rings. The van der Waals surface area contributed by atoms with Crippen LogP contribution in [-0.4, -0.2) is 34.6 Å². The number of carbonyl (C=O) groups is 1. The molecule has 104 valence electrons. The van der Waals surface area contributed by atoms with Crippen LogP contribution in [0.5, 0.6) is 0 Å². The Morgan fingerprint density at radius 2 is 2.00 bits per heavy atom. The maximum Gasteiger partial charge on any atom is 0.260 e. The lowest BCUT2D eigenvalue weighted by atomic mass is 9.51. The summed E-state index contributed by atoms with van der Waals surface area (Å²) in [6.07, 6.45) is 8.10. The molecule has 2 bridgehead atoms. The number of nitrogens with zero attached hydrogens (tertiary/aromatic N) is 1. The first kappa shape index (κ1) is 12.9. The molecule has 1 aromatic rings. The van der Waals surface area contributed by atoms with Crippen LogP contribution in [0.3, 0.4) is 0 Å². The lowest BCUT2D eigenvalue weighted by molar-refractivity contribution is -0.192. The van der Waals surface area contributed by atoms with Crippen LogP contribution < -0.4 is 9.86 Å². The van der Waals surface area contributed by atoms with E-state index in [0.717, 1.165) is 19.3 Å². The van der Waals surface area contributed by atoms with E-state index in [4.69, 9.17) is 9.88 Å². The molecule has 3 aliphatic carbocycles. The van der Waals surface area contributed by atoms with Gasteiger partial charge in [0.2, 0.25) is 0 Å². The Hall–Kier alpha value is -1.11. The fourth-order valence-corrected chi connectivity index (χ4v) is 5.54. The van der Waals surface area contributed by atoms with E-state index >= 15 is 0 Å². The van der Waals surface area contributed by atoms with Crippen LogP contribution in [0.25, 0.3) is 0 Å². The fraction of sp³-hybridized carbons (Fsp3) is 0.538. The van der Waals surface area contributed by atoms with Crippen molar-refractivity contribution >= 4 is 16.3 Å². The van der Waals surface area contributed by atoms with Gasteiger partial charge in [-0.1, -0.05) is 0 Å². The van der Waals surface area contributed by atoms with Crippen LogP contribution >= 0.6 is 10.4 Å². The van der Waals surface area contributed by atoms with Gasteiger partial charge in [-0.3, -0.25) is 14.9 Å². The average molecular weight is 281 g/mol. The minimum Gasteiger partial charge on any atom is -0.378 e. The monoisotopic (exact) mass is 281 g/mol. The number of aromatic nitrogens is 1. The van der Waals surface area contributed by atoms with Gasteiger partial charge in [0.15, 0.2) is 0 Å². The van der Waals surface area contributed by atoms with Gasteiger partial charge in [0.25, 0.3) is 5.91 Å². The fourth-order valence-electron chi connectivity index (χ4n) is 3.14. The van der Waals surface area contributed by atoms with E-state index in [9.17, 15) is 4.79 Å². The maximum atomic E-state index is 12.2. The lowest BCUT2D eigenvalue weighted by Crippen LogP contribution is -2.76. The molecule has 3 saturated carbocycles. The molecule has 1 amide bonds. The number of nitrogens with one attached hydrogen (secondary N) is 1. The third-order valence-electron chi connectivity index (χ3n) is 4.51. The molecule has 5 nitrogen and oxygen atoms in total. The zero-order valence-electron chi connectivity index (χ0n) is 11.2. The van der Waals surface area contributed by atoms with Gasteiger partial charge in [-0.15, -0.1) is 10.4 Å². The van der Waals surface area contributed by atoms with Gasteiger partial charge in [0, 0.05) is 29.8 Å².